The molecule has 3 aromatic rings. The Labute approximate surface area is 169 Å². The number of carbonyl (C=O) groups is 1. The smallest absolute Gasteiger partial charge is 0.280 e. The summed E-state index contributed by atoms with van der Waals surface area (Å²) in [5, 5.41) is 18.1. The topological polar surface area (TPSA) is 118 Å². The predicted octanol–water partition coefficient (Wildman–Crippen LogP) is 2.21. The normalized spacial score (nSPS) is 18.7. The van der Waals surface area contributed by atoms with Crippen molar-refractivity contribution in [3.05, 3.63) is 71.7 Å². The Morgan fingerprint density at radius 2 is 1.90 bits per heavy atom. The molecular formula is C20H16F2N6O2. The van der Waals surface area contributed by atoms with Gasteiger partial charge in [-0.25, -0.2) is 13.8 Å². The molecule has 0 saturated heterocycles. The number of rotatable bonds is 4. The first-order valence-corrected chi connectivity index (χ1v) is 8.84. The number of phenols is 1. The zero-order chi connectivity index (χ0) is 21.5. The van der Waals surface area contributed by atoms with Gasteiger partial charge in [-0.05, 0) is 47.5 Å². The highest BCUT2D eigenvalue weighted by Gasteiger charge is 2.50. The van der Waals surface area contributed by atoms with Crippen LogP contribution in [0.3, 0.4) is 0 Å². The molecule has 0 bridgehead atoms. The number of pyridine rings is 1. The first kappa shape index (κ1) is 19.4. The highest BCUT2D eigenvalue weighted by molar-refractivity contribution is 6.09. The third kappa shape index (κ3) is 2.93. The summed E-state index contributed by atoms with van der Waals surface area (Å²) in [5.41, 5.74) is 4.89. The summed E-state index contributed by atoms with van der Waals surface area (Å²) < 4.78 is 26.6. The van der Waals surface area contributed by atoms with E-state index in [1.54, 1.807) is 12.1 Å². The lowest BCUT2D eigenvalue weighted by Crippen LogP contribution is -2.41. The van der Waals surface area contributed by atoms with E-state index in [-0.39, 0.29) is 17.3 Å². The van der Waals surface area contributed by atoms with Crippen LogP contribution < -0.4 is 5.73 Å². The Kier molecular flexibility index (Phi) is 4.61. The number of hydrogen-bond donors (Lipinski definition) is 2. The Morgan fingerprint density at radius 1 is 1.13 bits per heavy atom. The van der Waals surface area contributed by atoms with Gasteiger partial charge in [-0.2, -0.15) is 10.2 Å². The van der Waals surface area contributed by atoms with Crippen LogP contribution in [0.1, 0.15) is 23.2 Å². The molecule has 1 atom stereocenters. The summed E-state index contributed by atoms with van der Waals surface area (Å²) >= 11 is 0. The van der Waals surface area contributed by atoms with Crippen LogP contribution in [0.4, 0.5) is 8.78 Å². The number of nitrogens with two attached hydrogens (primary N) is 1. The maximum Gasteiger partial charge on any atom is 0.280 e. The highest BCUT2D eigenvalue weighted by Crippen LogP contribution is 2.42. The van der Waals surface area contributed by atoms with Crippen molar-refractivity contribution < 1.29 is 18.7 Å². The van der Waals surface area contributed by atoms with Gasteiger partial charge in [0, 0.05) is 25.0 Å². The molecule has 0 radical (unpaired) electrons. The number of hydrogen-bond acceptors (Lipinski definition) is 7. The van der Waals surface area contributed by atoms with E-state index in [1.165, 1.54) is 43.7 Å². The number of aliphatic imine (C=N–C) groups is 1. The molecule has 3 heterocycles. The number of aromatic nitrogens is 3. The number of alkyl halides is 2. The van der Waals surface area contributed by atoms with Crippen molar-refractivity contribution >= 4 is 11.9 Å². The maximum absolute atomic E-state index is 13.3. The molecule has 152 valence electrons. The second-order valence-electron chi connectivity index (χ2n) is 6.66. The summed E-state index contributed by atoms with van der Waals surface area (Å²) in [6, 6.07) is 10.3. The van der Waals surface area contributed by atoms with Gasteiger partial charge in [-0.15, -0.1) is 0 Å². The molecule has 1 unspecified atom stereocenters. The number of guanidine groups is 1. The number of halogens is 2. The van der Waals surface area contributed by atoms with Crippen LogP contribution in [0.25, 0.3) is 11.3 Å². The Balaban J connectivity index is 1.98. The van der Waals surface area contributed by atoms with Crippen LogP contribution in [0.5, 0.6) is 5.75 Å². The maximum atomic E-state index is 13.3. The van der Waals surface area contributed by atoms with E-state index in [4.69, 9.17) is 5.73 Å². The zero-order valence-corrected chi connectivity index (χ0v) is 15.7. The molecule has 0 fully saturated rings. The second-order valence-corrected chi connectivity index (χ2v) is 6.66. The number of carbonyl (C=O) groups excluding carboxylic acids is 1. The summed E-state index contributed by atoms with van der Waals surface area (Å²) in [5.74, 6) is -0.681. The minimum Gasteiger partial charge on any atom is -0.507 e. The van der Waals surface area contributed by atoms with E-state index < -0.39 is 23.6 Å². The van der Waals surface area contributed by atoms with Gasteiger partial charge in [-0.3, -0.25) is 14.7 Å². The van der Waals surface area contributed by atoms with Gasteiger partial charge in [-0.1, -0.05) is 6.07 Å². The number of aromatic hydroxyl groups is 1. The summed E-state index contributed by atoms with van der Waals surface area (Å²) in [6.45, 7) is 0. The summed E-state index contributed by atoms with van der Waals surface area (Å²) in [6.07, 6.45) is -0.151. The summed E-state index contributed by atoms with van der Waals surface area (Å²) in [4.78, 5) is 22.5. The van der Waals surface area contributed by atoms with Crippen molar-refractivity contribution in [1.29, 1.82) is 0 Å². The molecule has 8 nitrogen and oxygen atoms in total. The lowest BCUT2D eigenvalue weighted by molar-refractivity contribution is -0.129. The Hall–Kier alpha value is -3.95. The van der Waals surface area contributed by atoms with E-state index in [9.17, 15) is 18.7 Å². The molecule has 10 heteroatoms. The molecule has 30 heavy (non-hydrogen) atoms. The highest BCUT2D eigenvalue weighted by atomic mass is 19.3. The fourth-order valence-corrected chi connectivity index (χ4v) is 3.39. The first-order valence-electron chi connectivity index (χ1n) is 8.84. The second kappa shape index (κ2) is 7.14. The molecule has 1 aromatic carbocycles. The van der Waals surface area contributed by atoms with Gasteiger partial charge >= 0.3 is 0 Å². The minimum absolute atomic E-state index is 0.0652. The van der Waals surface area contributed by atoms with Gasteiger partial charge in [0.05, 0.1) is 5.69 Å². The van der Waals surface area contributed by atoms with Crippen molar-refractivity contribution in [2.45, 2.75) is 12.0 Å². The number of likely N-dealkylation sites (N-methyl/N-ethyl adjacent to an activating group) is 1. The van der Waals surface area contributed by atoms with Gasteiger partial charge in [0.15, 0.2) is 11.5 Å². The van der Waals surface area contributed by atoms with Crippen molar-refractivity contribution in [2.75, 3.05) is 7.05 Å². The molecule has 1 aliphatic rings. The fraction of sp³-hybridized carbons (Fsp3) is 0.150. The van der Waals surface area contributed by atoms with Crippen LogP contribution in [0.15, 0.2) is 59.9 Å². The molecule has 2 aromatic heterocycles. The average Bonchev–Trinajstić information content (AvgIpc) is 2.99. The molecule has 0 spiro atoms. The van der Waals surface area contributed by atoms with Crippen LogP contribution in [-0.2, 0) is 10.3 Å². The average molecular weight is 410 g/mol. The van der Waals surface area contributed by atoms with E-state index >= 15 is 0 Å². The quantitative estimate of drug-likeness (QED) is 0.681. The minimum atomic E-state index is -2.83. The third-order valence-electron chi connectivity index (χ3n) is 4.93. The monoisotopic (exact) mass is 410 g/mol. The van der Waals surface area contributed by atoms with Gasteiger partial charge in [0.2, 0.25) is 0 Å². The number of phenolic OH excluding ortho intramolecular Hbond substituents is 1. The molecular weight excluding hydrogens is 394 g/mol. The largest absolute Gasteiger partial charge is 0.507 e. The number of nitrogens with zero attached hydrogens (tertiary/aromatic N) is 5. The standard InChI is InChI=1S/C20H16F2N6O2/c1-28-18(30)20(26-19(28)23,12-6-8-24-15(10-12)17(21)22)11-4-5-16(29)13(9-11)14-3-2-7-25-27-14/h2-10,17,29H,1H3,(H2,23,26). The van der Waals surface area contributed by atoms with Crippen molar-refractivity contribution in [3.63, 3.8) is 0 Å². The van der Waals surface area contributed by atoms with E-state index in [0.29, 0.717) is 16.8 Å². The molecule has 0 aliphatic carbocycles. The molecule has 4 rings (SSSR count). The van der Waals surface area contributed by atoms with E-state index in [1.807, 2.05) is 0 Å². The first-order chi connectivity index (χ1) is 14.3. The fourth-order valence-electron chi connectivity index (χ4n) is 3.39. The molecule has 1 aliphatic heterocycles. The SMILES string of the molecule is CN1C(=O)C(c2ccnc(C(F)F)c2)(c2ccc(O)c(-c3cccnn3)c2)N=C1N. The lowest BCUT2D eigenvalue weighted by atomic mass is 9.82. The number of amides is 1. The van der Waals surface area contributed by atoms with Gasteiger partial charge in [0.1, 0.15) is 11.4 Å². The van der Waals surface area contributed by atoms with Gasteiger partial charge < -0.3 is 10.8 Å². The van der Waals surface area contributed by atoms with E-state index in [2.05, 4.69) is 20.2 Å². The number of benzene rings is 1. The molecule has 3 N–H and O–H groups in total. The van der Waals surface area contributed by atoms with Crippen LogP contribution in [-0.4, -0.2) is 44.1 Å². The Bertz CT molecular complexity index is 1160. The van der Waals surface area contributed by atoms with Crippen LogP contribution in [0, 0.1) is 0 Å². The molecule has 1 amide bonds. The van der Waals surface area contributed by atoms with Gasteiger partial charge in [0.25, 0.3) is 12.3 Å². The molecule has 0 saturated carbocycles. The Morgan fingerprint density at radius 3 is 2.53 bits per heavy atom. The van der Waals surface area contributed by atoms with Crippen LogP contribution in [0.2, 0.25) is 0 Å². The third-order valence-corrected chi connectivity index (χ3v) is 4.93. The van der Waals surface area contributed by atoms with Crippen molar-refractivity contribution in [1.82, 2.24) is 20.1 Å². The van der Waals surface area contributed by atoms with Crippen molar-refractivity contribution in [2.24, 2.45) is 10.7 Å². The lowest BCUT2D eigenvalue weighted by Gasteiger charge is -2.27. The summed E-state index contributed by atoms with van der Waals surface area (Å²) in [7, 11) is 1.45. The zero-order valence-electron chi connectivity index (χ0n) is 15.7. The predicted molar refractivity (Wildman–Crippen MR) is 103 cm³/mol. The van der Waals surface area contributed by atoms with Crippen molar-refractivity contribution in [3.8, 4) is 17.0 Å². The van der Waals surface area contributed by atoms with Crippen LogP contribution >= 0.6 is 0 Å². The van der Waals surface area contributed by atoms with E-state index in [0.717, 1.165) is 11.0 Å².